The molecule has 0 amide bonds. The first kappa shape index (κ1) is 17.9. The van der Waals surface area contributed by atoms with Gasteiger partial charge in [0.25, 0.3) is 0 Å². The molecule has 1 atom stereocenters. The van der Waals surface area contributed by atoms with Gasteiger partial charge in [-0.25, -0.2) is 0 Å². The molecule has 0 fully saturated rings. The van der Waals surface area contributed by atoms with Crippen LogP contribution in [0.15, 0.2) is 60.7 Å². The van der Waals surface area contributed by atoms with Gasteiger partial charge < -0.3 is 4.90 Å². The number of halogens is 1. The van der Waals surface area contributed by atoms with Crippen LogP contribution in [0, 0.1) is 0 Å². The lowest BCUT2D eigenvalue weighted by Gasteiger charge is -2.37. The van der Waals surface area contributed by atoms with Crippen molar-refractivity contribution in [2.45, 2.75) is 24.8 Å². The van der Waals surface area contributed by atoms with Gasteiger partial charge in [0.1, 0.15) is 0 Å². The van der Waals surface area contributed by atoms with Gasteiger partial charge in [-0.1, -0.05) is 76.6 Å². The van der Waals surface area contributed by atoms with Crippen LogP contribution in [0.25, 0.3) is 0 Å². The van der Waals surface area contributed by atoms with Gasteiger partial charge in [0.15, 0.2) is 5.78 Å². The first-order chi connectivity index (χ1) is 11.0. The van der Waals surface area contributed by atoms with Crippen LogP contribution in [0.3, 0.4) is 0 Å². The molecule has 0 bridgehead atoms. The molecule has 0 aliphatic rings. The highest BCUT2D eigenvalue weighted by molar-refractivity contribution is 9.09. The Kier molecular flexibility index (Phi) is 6.14. The summed E-state index contributed by atoms with van der Waals surface area (Å²) in [6, 6.07) is 20.6. The Morgan fingerprint density at radius 2 is 1.43 bits per heavy atom. The number of rotatable bonds is 7. The number of nitrogens with zero attached hydrogens (tertiary/aromatic N) is 1. The lowest BCUT2D eigenvalue weighted by Crippen LogP contribution is -2.43. The first-order valence-electron chi connectivity index (χ1n) is 7.89. The average Bonchev–Trinajstić information content (AvgIpc) is 2.60. The Balaban J connectivity index is 2.66. The quantitative estimate of drug-likeness (QED) is 0.675. The summed E-state index contributed by atoms with van der Waals surface area (Å²) in [5.41, 5.74) is 1.49. The normalized spacial score (nSPS) is 13.1. The van der Waals surface area contributed by atoms with Crippen LogP contribution in [0.4, 0.5) is 0 Å². The molecule has 2 rings (SSSR count). The fourth-order valence-electron chi connectivity index (χ4n) is 3.02. The second kappa shape index (κ2) is 7.89. The number of benzene rings is 2. The molecule has 0 aliphatic carbocycles. The second-order valence-electron chi connectivity index (χ2n) is 6.21. The minimum atomic E-state index is -0.629. The van der Waals surface area contributed by atoms with Gasteiger partial charge >= 0.3 is 0 Å². The van der Waals surface area contributed by atoms with Gasteiger partial charge in [0.05, 0.1) is 10.7 Å². The van der Waals surface area contributed by atoms with E-state index in [4.69, 9.17) is 0 Å². The lowest BCUT2D eigenvalue weighted by molar-refractivity contribution is -0.121. The highest BCUT2D eigenvalue weighted by atomic mass is 79.9. The minimum Gasteiger partial charge on any atom is -0.307 e. The Hall–Kier alpha value is -1.45. The van der Waals surface area contributed by atoms with Gasteiger partial charge in [0.2, 0.25) is 0 Å². The van der Waals surface area contributed by atoms with Gasteiger partial charge in [0, 0.05) is 6.04 Å². The zero-order valence-corrected chi connectivity index (χ0v) is 15.6. The fraction of sp³-hybridized carbons (Fsp3) is 0.350. The Labute approximate surface area is 147 Å². The molecule has 2 nitrogen and oxygen atoms in total. The van der Waals surface area contributed by atoms with Gasteiger partial charge in [-0.3, -0.25) is 4.79 Å². The van der Waals surface area contributed by atoms with E-state index in [0.29, 0.717) is 5.33 Å². The van der Waals surface area contributed by atoms with Crippen molar-refractivity contribution in [1.29, 1.82) is 0 Å². The fourth-order valence-corrected chi connectivity index (χ4v) is 3.50. The van der Waals surface area contributed by atoms with E-state index in [0.717, 1.165) is 17.5 Å². The van der Waals surface area contributed by atoms with E-state index in [9.17, 15) is 4.79 Å². The van der Waals surface area contributed by atoms with Crippen molar-refractivity contribution in [3.63, 3.8) is 0 Å². The topological polar surface area (TPSA) is 20.3 Å². The zero-order chi connectivity index (χ0) is 16.9. The van der Waals surface area contributed by atoms with E-state index < -0.39 is 5.41 Å². The van der Waals surface area contributed by atoms with Crippen molar-refractivity contribution in [1.82, 2.24) is 4.90 Å². The van der Waals surface area contributed by atoms with Gasteiger partial charge in [-0.2, -0.15) is 0 Å². The number of carbonyl (C=O) groups is 1. The summed E-state index contributed by atoms with van der Waals surface area (Å²) < 4.78 is 0. The molecule has 23 heavy (non-hydrogen) atoms. The molecule has 2 aromatic rings. The third kappa shape index (κ3) is 3.73. The third-order valence-corrected chi connectivity index (χ3v) is 5.12. The number of alkyl halides is 1. The van der Waals surface area contributed by atoms with E-state index in [-0.39, 0.29) is 11.8 Å². The monoisotopic (exact) mass is 373 g/mol. The molecule has 3 heteroatoms. The summed E-state index contributed by atoms with van der Waals surface area (Å²) in [6.45, 7) is 2.17. The van der Waals surface area contributed by atoms with Crippen LogP contribution in [-0.2, 0) is 10.2 Å². The van der Waals surface area contributed by atoms with Crippen LogP contribution in [0.2, 0.25) is 0 Å². The summed E-state index contributed by atoms with van der Waals surface area (Å²) in [7, 11) is 4.12. The van der Waals surface area contributed by atoms with Gasteiger partial charge in [-0.15, -0.1) is 0 Å². The van der Waals surface area contributed by atoms with Crippen LogP contribution in [-0.4, -0.2) is 36.2 Å². The molecule has 0 N–H and O–H groups in total. The Morgan fingerprint density at radius 3 is 1.78 bits per heavy atom. The van der Waals surface area contributed by atoms with Crippen LogP contribution in [0.1, 0.15) is 24.5 Å². The zero-order valence-electron chi connectivity index (χ0n) is 14.0. The highest BCUT2D eigenvalue weighted by Crippen LogP contribution is 2.39. The van der Waals surface area contributed by atoms with Crippen molar-refractivity contribution < 1.29 is 4.79 Å². The van der Waals surface area contributed by atoms with Crippen molar-refractivity contribution in [3.8, 4) is 0 Å². The SMILES string of the molecule is CC(CC(C(=O)CBr)(c1ccccc1)c1ccccc1)N(C)C. The molecule has 0 saturated carbocycles. The largest absolute Gasteiger partial charge is 0.307 e. The molecule has 0 aliphatic heterocycles. The smallest absolute Gasteiger partial charge is 0.158 e. The second-order valence-corrected chi connectivity index (χ2v) is 6.77. The number of hydrogen-bond donors (Lipinski definition) is 0. The molecule has 0 saturated heterocycles. The average molecular weight is 374 g/mol. The highest BCUT2D eigenvalue weighted by Gasteiger charge is 2.42. The van der Waals surface area contributed by atoms with E-state index in [1.54, 1.807) is 0 Å². The van der Waals surface area contributed by atoms with Gasteiger partial charge in [-0.05, 0) is 38.6 Å². The maximum absolute atomic E-state index is 13.1. The van der Waals surface area contributed by atoms with Crippen molar-refractivity contribution in [2.24, 2.45) is 0 Å². The summed E-state index contributed by atoms with van der Waals surface area (Å²) in [5, 5.41) is 0.344. The van der Waals surface area contributed by atoms with E-state index >= 15 is 0 Å². The van der Waals surface area contributed by atoms with Crippen molar-refractivity contribution in [3.05, 3.63) is 71.8 Å². The number of hydrogen-bond acceptors (Lipinski definition) is 2. The van der Waals surface area contributed by atoms with Crippen molar-refractivity contribution >= 4 is 21.7 Å². The lowest BCUT2D eigenvalue weighted by atomic mass is 9.68. The molecule has 0 spiro atoms. The maximum Gasteiger partial charge on any atom is 0.158 e. The number of carbonyl (C=O) groups excluding carboxylic acids is 1. The van der Waals surface area contributed by atoms with E-state index in [1.165, 1.54) is 0 Å². The van der Waals surface area contributed by atoms with Crippen LogP contribution >= 0.6 is 15.9 Å². The maximum atomic E-state index is 13.1. The third-order valence-electron chi connectivity index (χ3n) is 4.61. The molecule has 0 radical (unpaired) electrons. The molecule has 122 valence electrons. The summed E-state index contributed by atoms with van der Waals surface area (Å²) >= 11 is 3.41. The molecule has 0 aromatic heterocycles. The molecule has 2 aromatic carbocycles. The molecular weight excluding hydrogens is 350 g/mol. The summed E-state index contributed by atoms with van der Waals surface area (Å²) in [4.78, 5) is 15.3. The predicted octanol–water partition coefficient (Wildman–Crippen LogP) is 4.28. The summed E-state index contributed by atoms with van der Waals surface area (Å²) in [5.74, 6) is 0.198. The summed E-state index contributed by atoms with van der Waals surface area (Å²) in [6.07, 6.45) is 0.748. The van der Waals surface area contributed by atoms with Crippen LogP contribution < -0.4 is 0 Å². The van der Waals surface area contributed by atoms with E-state index in [1.807, 2.05) is 36.4 Å². The Morgan fingerprint density at radius 1 is 1.00 bits per heavy atom. The Bertz CT molecular complexity index is 585. The molecule has 1 unspecified atom stereocenters. The molecular formula is C20H24BrNO. The van der Waals surface area contributed by atoms with E-state index in [2.05, 4.69) is 66.1 Å². The first-order valence-corrected chi connectivity index (χ1v) is 9.01. The van der Waals surface area contributed by atoms with Crippen molar-refractivity contribution in [2.75, 3.05) is 19.4 Å². The predicted molar refractivity (Wildman–Crippen MR) is 100 cm³/mol. The number of ketones is 1. The van der Waals surface area contributed by atoms with Crippen LogP contribution in [0.5, 0.6) is 0 Å². The minimum absolute atomic E-state index is 0.198. The number of Topliss-reactive ketones (excluding diaryl/α,β-unsaturated/α-hetero) is 1. The standard InChI is InChI=1S/C20H24BrNO/c1-16(22(2)3)14-20(19(23)15-21,17-10-6-4-7-11-17)18-12-8-5-9-13-18/h4-13,16H,14-15H2,1-3H3. The molecule has 0 heterocycles.